The van der Waals surface area contributed by atoms with Crippen LogP contribution in [0.1, 0.15) is 50.2 Å². The fourth-order valence-electron chi connectivity index (χ4n) is 2.40. The number of hydrogen-bond donors (Lipinski definition) is 0. The minimum Gasteiger partial charge on any atom is -0.205 e. The Kier molecular flexibility index (Phi) is 4.68. The van der Waals surface area contributed by atoms with Crippen LogP contribution in [-0.4, -0.2) is 0 Å². The first-order valence-electron chi connectivity index (χ1n) is 6.93. The molecule has 3 heteroatoms. The van der Waals surface area contributed by atoms with Gasteiger partial charge in [0.25, 0.3) is 0 Å². The molecule has 0 N–H and O–H groups in total. The van der Waals surface area contributed by atoms with Crippen LogP contribution in [-0.2, 0) is 0 Å². The van der Waals surface area contributed by atoms with Gasteiger partial charge in [0.2, 0.25) is 0 Å². The second-order valence-corrected chi connectivity index (χ2v) is 5.05. The molecule has 0 saturated heterocycles. The molecule has 1 aromatic rings. The molecule has 0 atom stereocenters. The lowest BCUT2D eigenvalue weighted by Gasteiger charge is -2.15. The summed E-state index contributed by atoms with van der Waals surface area (Å²) in [5.74, 6) is -1.58. The molecule has 104 valence electrons. The maximum Gasteiger partial charge on any atom is 0.144 e. The predicted octanol–water partition coefficient (Wildman–Crippen LogP) is 5.13. The standard InChI is InChI=1S/C17H17F2N/c1-2-3-4-12-5-7-13(8-6-12)14-9-16(18)15(11-20)17(19)10-14/h5,7,9-10H,2-4,6,8H2,1H3. The summed E-state index contributed by atoms with van der Waals surface area (Å²) in [6.45, 7) is 2.16. The molecule has 0 radical (unpaired) electrons. The van der Waals surface area contributed by atoms with E-state index in [4.69, 9.17) is 5.26 Å². The maximum absolute atomic E-state index is 13.6. The van der Waals surface area contributed by atoms with Gasteiger partial charge in [-0.05, 0) is 49.0 Å². The van der Waals surface area contributed by atoms with Crippen molar-refractivity contribution in [3.8, 4) is 6.07 Å². The van der Waals surface area contributed by atoms with Crippen LogP contribution in [0.25, 0.3) is 5.57 Å². The van der Waals surface area contributed by atoms with Crippen LogP contribution < -0.4 is 0 Å². The summed E-state index contributed by atoms with van der Waals surface area (Å²) in [6, 6.07) is 4.04. The van der Waals surface area contributed by atoms with E-state index in [2.05, 4.69) is 13.0 Å². The number of benzene rings is 1. The number of rotatable bonds is 4. The van der Waals surface area contributed by atoms with Gasteiger partial charge in [0, 0.05) is 0 Å². The van der Waals surface area contributed by atoms with E-state index in [0.717, 1.165) is 24.8 Å². The van der Waals surface area contributed by atoms with E-state index < -0.39 is 17.2 Å². The van der Waals surface area contributed by atoms with Crippen LogP contribution in [0.5, 0.6) is 0 Å². The molecule has 0 amide bonds. The van der Waals surface area contributed by atoms with Crippen molar-refractivity contribution < 1.29 is 8.78 Å². The lowest BCUT2D eigenvalue weighted by atomic mass is 9.90. The zero-order valence-corrected chi connectivity index (χ0v) is 11.5. The Balaban J connectivity index is 2.24. The first-order valence-corrected chi connectivity index (χ1v) is 6.93. The summed E-state index contributed by atoms with van der Waals surface area (Å²) >= 11 is 0. The molecule has 0 fully saturated rings. The van der Waals surface area contributed by atoms with Crippen molar-refractivity contribution in [2.24, 2.45) is 0 Å². The largest absolute Gasteiger partial charge is 0.205 e. The number of allylic oxidation sites excluding steroid dienone is 4. The van der Waals surface area contributed by atoms with Gasteiger partial charge in [0.05, 0.1) is 0 Å². The van der Waals surface area contributed by atoms with E-state index in [0.29, 0.717) is 5.56 Å². The van der Waals surface area contributed by atoms with Gasteiger partial charge in [0.15, 0.2) is 0 Å². The Morgan fingerprint density at radius 3 is 2.35 bits per heavy atom. The third kappa shape index (κ3) is 3.14. The van der Waals surface area contributed by atoms with Crippen LogP contribution >= 0.6 is 0 Å². The van der Waals surface area contributed by atoms with Gasteiger partial charge in [-0.2, -0.15) is 5.26 Å². The van der Waals surface area contributed by atoms with Gasteiger partial charge in [0.1, 0.15) is 23.3 Å². The second-order valence-electron chi connectivity index (χ2n) is 5.05. The highest BCUT2D eigenvalue weighted by Gasteiger charge is 2.14. The normalized spacial score (nSPS) is 14.5. The van der Waals surface area contributed by atoms with Gasteiger partial charge in [-0.15, -0.1) is 0 Å². The van der Waals surface area contributed by atoms with Crippen molar-refractivity contribution in [1.82, 2.24) is 0 Å². The Hall–Kier alpha value is -1.95. The number of unbranched alkanes of at least 4 members (excludes halogenated alkanes) is 1. The van der Waals surface area contributed by atoms with E-state index in [1.165, 1.54) is 30.5 Å². The highest BCUT2D eigenvalue weighted by atomic mass is 19.1. The van der Waals surface area contributed by atoms with Gasteiger partial charge in [-0.1, -0.05) is 31.1 Å². The number of nitrogens with zero attached hydrogens (tertiary/aromatic N) is 1. The maximum atomic E-state index is 13.6. The molecule has 1 aromatic carbocycles. The molecule has 1 aliphatic rings. The van der Waals surface area contributed by atoms with Gasteiger partial charge < -0.3 is 0 Å². The molecule has 2 rings (SSSR count). The topological polar surface area (TPSA) is 23.8 Å². The Labute approximate surface area is 118 Å². The van der Waals surface area contributed by atoms with Crippen molar-refractivity contribution in [1.29, 1.82) is 5.26 Å². The lowest BCUT2D eigenvalue weighted by Crippen LogP contribution is -1.98. The van der Waals surface area contributed by atoms with Crippen molar-refractivity contribution >= 4 is 5.57 Å². The summed E-state index contributed by atoms with van der Waals surface area (Å²) in [6.07, 6.45) is 9.16. The van der Waals surface area contributed by atoms with Gasteiger partial charge in [-0.3, -0.25) is 0 Å². The molecule has 0 heterocycles. The highest BCUT2D eigenvalue weighted by Crippen LogP contribution is 2.30. The Morgan fingerprint density at radius 2 is 1.85 bits per heavy atom. The lowest BCUT2D eigenvalue weighted by molar-refractivity contribution is 0.576. The molecular weight excluding hydrogens is 256 g/mol. The third-order valence-corrected chi connectivity index (χ3v) is 3.61. The molecule has 0 bridgehead atoms. The van der Waals surface area contributed by atoms with Crippen molar-refractivity contribution in [2.75, 3.05) is 0 Å². The fraction of sp³-hybridized carbons (Fsp3) is 0.353. The van der Waals surface area contributed by atoms with E-state index in [9.17, 15) is 8.78 Å². The molecule has 0 aromatic heterocycles. The number of hydrogen-bond acceptors (Lipinski definition) is 1. The average molecular weight is 273 g/mol. The van der Waals surface area contributed by atoms with Crippen molar-refractivity contribution in [3.63, 3.8) is 0 Å². The van der Waals surface area contributed by atoms with Gasteiger partial charge in [-0.25, -0.2) is 8.78 Å². The molecule has 0 unspecified atom stereocenters. The summed E-state index contributed by atoms with van der Waals surface area (Å²) < 4.78 is 27.2. The van der Waals surface area contributed by atoms with E-state index in [1.807, 2.05) is 6.08 Å². The minimum absolute atomic E-state index is 0.510. The highest BCUT2D eigenvalue weighted by molar-refractivity contribution is 5.69. The smallest absolute Gasteiger partial charge is 0.144 e. The summed E-state index contributed by atoms with van der Waals surface area (Å²) in [5.41, 5.74) is 2.34. The monoisotopic (exact) mass is 273 g/mol. The van der Waals surface area contributed by atoms with Crippen LogP contribution in [0.4, 0.5) is 8.78 Å². The number of halogens is 2. The molecule has 1 aliphatic carbocycles. The Bertz CT molecular complexity index is 583. The average Bonchev–Trinajstić information content (AvgIpc) is 2.45. The Morgan fingerprint density at radius 1 is 1.15 bits per heavy atom. The molecule has 0 spiro atoms. The first kappa shape index (κ1) is 14.5. The summed E-state index contributed by atoms with van der Waals surface area (Å²) in [7, 11) is 0. The fourth-order valence-corrected chi connectivity index (χ4v) is 2.40. The molecule has 1 nitrogen and oxygen atoms in total. The molecule has 0 aliphatic heterocycles. The second kappa shape index (κ2) is 6.47. The first-order chi connectivity index (χ1) is 9.65. The predicted molar refractivity (Wildman–Crippen MR) is 75.9 cm³/mol. The number of nitriles is 1. The molecule has 20 heavy (non-hydrogen) atoms. The minimum atomic E-state index is -0.788. The van der Waals surface area contributed by atoms with E-state index in [1.54, 1.807) is 6.07 Å². The van der Waals surface area contributed by atoms with Crippen LogP contribution in [0.2, 0.25) is 0 Å². The quantitative estimate of drug-likeness (QED) is 0.746. The van der Waals surface area contributed by atoms with E-state index in [-0.39, 0.29) is 0 Å². The van der Waals surface area contributed by atoms with Crippen LogP contribution in [0, 0.1) is 23.0 Å². The van der Waals surface area contributed by atoms with Crippen LogP contribution in [0.3, 0.4) is 0 Å². The van der Waals surface area contributed by atoms with Crippen molar-refractivity contribution in [3.05, 3.63) is 52.6 Å². The van der Waals surface area contributed by atoms with Gasteiger partial charge >= 0.3 is 0 Å². The summed E-state index contributed by atoms with van der Waals surface area (Å²) in [5, 5.41) is 8.66. The molecule has 0 saturated carbocycles. The zero-order chi connectivity index (χ0) is 14.5. The molecular formula is C17H17F2N. The van der Waals surface area contributed by atoms with Crippen LogP contribution in [0.15, 0.2) is 29.9 Å². The third-order valence-electron chi connectivity index (χ3n) is 3.61. The van der Waals surface area contributed by atoms with E-state index >= 15 is 0 Å². The van der Waals surface area contributed by atoms with Crippen molar-refractivity contribution in [2.45, 2.75) is 39.0 Å². The zero-order valence-electron chi connectivity index (χ0n) is 11.5. The SMILES string of the molecule is CCCCC1=CC=C(c2cc(F)c(C#N)c(F)c2)CC1. The summed E-state index contributed by atoms with van der Waals surface area (Å²) in [4.78, 5) is 0.